The summed E-state index contributed by atoms with van der Waals surface area (Å²) in [4.78, 5) is 2.74. The summed E-state index contributed by atoms with van der Waals surface area (Å²) in [6.07, 6.45) is 12.1. The highest BCUT2D eigenvalue weighted by Crippen LogP contribution is 2.37. The van der Waals surface area contributed by atoms with Gasteiger partial charge in [-0.15, -0.1) is 0 Å². The Morgan fingerprint density at radius 3 is 2.16 bits per heavy atom. The third kappa shape index (κ3) is 4.75. The molecule has 2 heteroatoms. The first kappa shape index (κ1) is 17.0. The summed E-state index contributed by atoms with van der Waals surface area (Å²) >= 11 is 0. The van der Waals surface area contributed by atoms with Gasteiger partial charge in [-0.25, -0.2) is 0 Å². The number of nitrogens with two attached hydrogens (primary N) is 1. The van der Waals surface area contributed by atoms with Gasteiger partial charge in [-0.2, -0.15) is 0 Å². The molecule has 1 aliphatic carbocycles. The van der Waals surface area contributed by atoms with Crippen LogP contribution in [-0.4, -0.2) is 30.1 Å². The van der Waals surface area contributed by atoms with Gasteiger partial charge in [0.2, 0.25) is 0 Å². The first-order chi connectivity index (χ1) is 9.22. The van der Waals surface area contributed by atoms with Crippen molar-refractivity contribution in [1.29, 1.82) is 0 Å². The zero-order chi connectivity index (χ0) is 14.1. The molecule has 0 spiro atoms. The Balaban J connectivity index is 2.61. The molecule has 0 bridgehead atoms. The molecule has 0 amide bonds. The predicted molar refractivity (Wildman–Crippen MR) is 85.4 cm³/mol. The highest BCUT2D eigenvalue weighted by Gasteiger charge is 2.38. The quantitative estimate of drug-likeness (QED) is 0.635. The van der Waals surface area contributed by atoms with Gasteiger partial charge in [-0.05, 0) is 57.5 Å². The monoisotopic (exact) mass is 268 g/mol. The van der Waals surface area contributed by atoms with Crippen molar-refractivity contribution < 1.29 is 0 Å². The maximum atomic E-state index is 6.22. The summed E-state index contributed by atoms with van der Waals surface area (Å²) in [7, 11) is 0. The second-order valence-corrected chi connectivity index (χ2v) is 6.47. The van der Waals surface area contributed by atoms with Gasteiger partial charge in [0.25, 0.3) is 0 Å². The minimum atomic E-state index is 0.329. The van der Waals surface area contributed by atoms with Gasteiger partial charge in [0.15, 0.2) is 0 Å². The standard InChI is InChI=1S/C17H36N2/c1-4-7-8-14-19(13-5-2)17(15-18)11-9-16(6-3)10-12-17/h16H,4-15,18H2,1-3H3. The molecule has 19 heavy (non-hydrogen) atoms. The molecule has 0 unspecified atom stereocenters. The highest BCUT2D eigenvalue weighted by molar-refractivity contribution is 4.95. The molecule has 2 N–H and O–H groups in total. The van der Waals surface area contributed by atoms with Crippen LogP contribution in [0.1, 0.15) is 78.6 Å². The van der Waals surface area contributed by atoms with Crippen molar-refractivity contribution >= 4 is 0 Å². The SMILES string of the molecule is CCCCCN(CCC)C1(CN)CCC(CC)CC1. The van der Waals surface area contributed by atoms with E-state index in [1.807, 2.05) is 0 Å². The van der Waals surface area contributed by atoms with Crippen LogP contribution < -0.4 is 5.73 Å². The summed E-state index contributed by atoms with van der Waals surface area (Å²) in [5.41, 5.74) is 6.55. The summed E-state index contributed by atoms with van der Waals surface area (Å²) in [6, 6.07) is 0. The zero-order valence-electron chi connectivity index (χ0n) is 13.6. The van der Waals surface area contributed by atoms with E-state index in [2.05, 4.69) is 25.7 Å². The second kappa shape index (κ2) is 8.97. The van der Waals surface area contributed by atoms with Crippen LogP contribution in [0.15, 0.2) is 0 Å². The second-order valence-electron chi connectivity index (χ2n) is 6.47. The van der Waals surface area contributed by atoms with Crippen molar-refractivity contribution in [2.24, 2.45) is 11.7 Å². The molecule has 1 aliphatic rings. The third-order valence-electron chi connectivity index (χ3n) is 5.19. The predicted octanol–water partition coefficient (Wildman–Crippen LogP) is 4.19. The fourth-order valence-corrected chi connectivity index (χ4v) is 3.68. The Hall–Kier alpha value is -0.0800. The van der Waals surface area contributed by atoms with Gasteiger partial charge < -0.3 is 5.73 Å². The Morgan fingerprint density at radius 1 is 1.00 bits per heavy atom. The Labute approximate surface area is 121 Å². The summed E-state index contributed by atoms with van der Waals surface area (Å²) < 4.78 is 0. The van der Waals surface area contributed by atoms with E-state index in [4.69, 9.17) is 5.73 Å². The van der Waals surface area contributed by atoms with Gasteiger partial charge >= 0.3 is 0 Å². The molecule has 0 aromatic heterocycles. The van der Waals surface area contributed by atoms with Crippen molar-refractivity contribution in [2.75, 3.05) is 19.6 Å². The van der Waals surface area contributed by atoms with E-state index >= 15 is 0 Å². The minimum absolute atomic E-state index is 0.329. The highest BCUT2D eigenvalue weighted by atomic mass is 15.2. The molecule has 0 aromatic rings. The van der Waals surface area contributed by atoms with Crippen molar-refractivity contribution in [3.8, 4) is 0 Å². The zero-order valence-corrected chi connectivity index (χ0v) is 13.6. The summed E-state index contributed by atoms with van der Waals surface area (Å²) in [5, 5.41) is 0. The van der Waals surface area contributed by atoms with Crippen LogP contribution in [0.4, 0.5) is 0 Å². The summed E-state index contributed by atoms with van der Waals surface area (Å²) in [6.45, 7) is 10.3. The topological polar surface area (TPSA) is 29.3 Å². The number of hydrogen-bond acceptors (Lipinski definition) is 2. The van der Waals surface area contributed by atoms with E-state index in [0.717, 1.165) is 12.5 Å². The van der Waals surface area contributed by atoms with Gasteiger partial charge in [0.05, 0.1) is 0 Å². The lowest BCUT2D eigenvalue weighted by atomic mass is 9.74. The first-order valence-corrected chi connectivity index (χ1v) is 8.67. The van der Waals surface area contributed by atoms with Gasteiger partial charge in [-0.3, -0.25) is 4.90 Å². The first-order valence-electron chi connectivity index (χ1n) is 8.67. The van der Waals surface area contributed by atoms with Crippen LogP contribution >= 0.6 is 0 Å². The van der Waals surface area contributed by atoms with E-state index in [-0.39, 0.29) is 0 Å². The molecule has 0 aromatic carbocycles. The maximum Gasteiger partial charge on any atom is 0.0331 e. The molecule has 0 saturated heterocycles. The number of unbranched alkanes of at least 4 members (excludes halogenated alkanes) is 2. The van der Waals surface area contributed by atoms with Gasteiger partial charge in [0, 0.05) is 12.1 Å². The van der Waals surface area contributed by atoms with Crippen molar-refractivity contribution in [2.45, 2.75) is 84.1 Å². The molecule has 0 atom stereocenters. The van der Waals surface area contributed by atoms with Gasteiger partial charge in [0.1, 0.15) is 0 Å². The molecular weight excluding hydrogens is 232 g/mol. The van der Waals surface area contributed by atoms with Crippen LogP contribution in [0.3, 0.4) is 0 Å². The van der Waals surface area contributed by atoms with E-state index in [1.54, 1.807) is 0 Å². The number of nitrogens with zero attached hydrogens (tertiary/aromatic N) is 1. The van der Waals surface area contributed by atoms with Crippen LogP contribution in [-0.2, 0) is 0 Å². The molecule has 0 heterocycles. The molecule has 0 aliphatic heterocycles. The van der Waals surface area contributed by atoms with E-state index in [9.17, 15) is 0 Å². The fraction of sp³-hybridized carbons (Fsp3) is 1.00. The molecule has 1 fully saturated rings. The number of hydrogen-bond donors (Lipinski definition) is 1. The normalized spacial score (nSPS) is 27.9. The maximum absolute atomic E-state index is 6.22. The molecular formula is C17H36N2. The molecule has 1 rings (SSSR count). The fourth-order valence-electron chi connectivity index (χ4n) is 3.68. The largest absolute Gasteiger partial charge is 0.329 e. The molecule has 114 valence electrons. The van der Waals surface area contributed by atoms with Crippen LogP contribution in [0.2, 0.25) is 0 Å². The van der Waals surface area contributed by atoms with Gasteiger partial charge in [-0.1, -0.05) is 40.0 Å². The Kier molecular flexibility index (Phi) is 8.01. The molecule has 0 radical (unpaired) electrons. The number of rotatable bonds is 9. The third-order valence-corrected chi connectivity index (χ3v) is 5.19. The van der Waals surface area contributed by atoms with Crippen LogP contribution in [0.5, 0.6) is 0 Å². The lowest BCUT2D eigenvalue weighted by Gasteiger charge is -2.48. The molecule has 1 saturated carbocycles. The van der Waals surface area contributed by atoms with Crippen molar-refractivity contribution in [1.82, 2.24) is 4.90 Å². The lowest BCUT2D eigenvalue weighted by molar-refractivity contribution is 0.0399. The van der Waals surface area contributed by atoms with E-state index in [0.29, 0.717) is 5.54 Å². The smallest absolute Gasteiger partial charge is 0.0331 e. The Morgan fingerprint density at radius 2 is 1.68 bits per heavy atom. The molecule has 2 nitrogen and oxygen atoms in total. The van der Waals surface area contributed by atoms with Crippen LogP contribution in [0.25, 0.3) is 0 Å². The van der Waals surface area contributed by atoms with Crippen molar-refractivity contribution in [3.63, 3.8) is 0 Å². The van der Waals surface area contributed by atoms with E-state index in [1.165, 1.54) is 70.9 Å². The summed E-state index contributed by atoms with van der Waals surface area (Å²) in [5.74, 6) is 0.957. The average Bonchev–Trinajstić information content (AvgIpc) is 2.46. The lowest BCUT2D eigenvalue weighted by Crippen LogP contribution is -2.56. The van der Waals surface area contributed by atoms with Crippen molar-refractivity contribution in [3.05, 3.63) is 0 Å². The Bertz CT molecular complexity index is 219. The van der Waals surface area contributed by atoms with E-state index < -0.39 is 0 Å². The minimum Gasteiger partial charge on any atom is -0.329 e. The van der Waals surface area contributed by atoms with Crippen LogP contribution in [0, 0.1) is 5.92 Å². The average molecular weight is 268 g/mol.